The number of hydrogen-bond donors (Lipinski definition) is 0. The monoisotopic (exact) mass is 553 g/mol. The van der Waals surface area contributed by atoms with Crippen molar-refractivity contribution in [1.29, 1.82) is 0 Å². The van der Waals surface area contributed by atoms with Gasteiger partial charge in [0.2, 0.25) is 5.71 Å². The third-order valence-electron chi connectivity index (χ3n) is 8.09. The Balaban J connectivity index is 1.60. The molecule has 0 aliphatic rings. The summed E-state index contributed by atoms with van der Waals surface area (Å²) >= 11 is 0. The van der Waals surface area contributed by atoms with Crippen LogP contribution in [-0.4, -0.2) is 19.5 Å². The number of benzene rings is 3. The molecule has 0 bridgehead atoms. The number of nitrogens with zero attached hydrogens (tertiary/aromatic N) is 4. The fourth-order valence-corrected chi connectivity index (χ4v) is 6.09. The molecule has 3 aromatic carbocycles. The molecule has 7 aromatic rings. The van der Waals surface area contributed by atoms with E-state index in [2.05, 4.69) is 79.7 Å². The third-order valence-corrected chi connectivity index (χ3v) is 8.09. The van der Waals surface area contributed by atoms with Gasteiger partial charge in [-0.2, -0.15) is 0 Å². The van der Waals surface area contributed by atoms with Crippen molar-refractivity contribution < 1.29 is 8.53 Å². The summed E-state index contributed by atoms with van der Waals surface area (Å²) in [4.78, 5) is 14.4. The first-order chi connectivity index (χ1) is 21.5. The number of hydrogen-bond acceptors (Lipinski definition) is 4. The maximum Gasteiger partial charge on any atom is 0.227 e. The van der Waals surface area contributed by atoms with Crippen LogP contribution in [0, 0.1) is 13.8 Å². The van der Waals surface area contributed by atoms with E-state index in [0.29, 0.717) is 11.3 Å². The van der Waals surface area contributed by atoms with Crippen LogP contribution in [0.3, 0.4) is 0 Å². The second-order valence-corrected chi connectivity index (χ2v) is 11.5. The van der Waals surface area contributed by atoms with E-state index in [1.807, 2.05) is 31.2 Å². The molecule has 0 amide bonds. The average molecular weight is 554 g/mol. The lowest BCUT2D eigenvalue weighted by Crippen LogP contribution is -2.10. The highest BCUT2D eigenvalue weighted by Gasteiger charge is 2.26. The largest absolute Gasteiger partial charge is 0.438 e. The van der Waals surface area contributed by atoms with E-state index in [4.69, 9.17) is 18.5 Å². The van der Waals surface area contributed by atoms with Gasteiger partial charge in [-0.05, 0) is 84.3 Å². The van der Waals surface area contributed by atoms with Crippen molar-refractivity contribution in [2.45, 2.75) is 53.3 Å². The van der Waals surface area contributed by atoms with Crippen LogP contribution in [0.1, 0.15) is 66.2 Å². The maximum atomic E-state index is 7.85. The SMILES string of the molecule is [2H]C([2H])([2H])c1ccc2c(n1)oc1cccc(-c3nc4ccnc(C)c4n3-c3c(C(C)C)cc(-c4ccccc4)cc3C(C)C)c12. The molecule has 0 N–H and O–H groups in total. The normalized spacial score (nSPS) is 13.4. The van der Waals surface area contributed by atoms with E-state index < -0.39 is 6.85 Å². The van der Waals surface area contributed by atoms with Crippen molar-refractivity contribution in [3.05, 3.63) is 108 Å². The minimum atomic E-state index is -2.33. The third kappa shape index (κ3) is 4.11. The lowest BCUT2D eigenvalue weighted by atomic mass is 9.88. The summed E-state index contributed by atoms with van der Waals surface area (Å²) in [5.74, 6) is 1.21. The molecule has 4 aromatic heterocycles. The maximum absolute atomic E-state index is 7.85. The molecule has 0 atom stereocenters. The Kier molecular flexibility index (Phi) is 5.42. The summed E-state index contributed by atoms with van der Waals surface area (Å²) in [5.41, 5.74) is 10.4. The van der Waals surface area contributed by atoms with Crippen LogP contribution < -0.4 is 0 Å². The Morgan fingerprint density at radius 2 is 1.57 bits per heavy atom. The number of imidazole rings is 1. The highest BCUT2D eigenvalue weighted by Crippen LogP contribution is 2.43. The van der Waals surface area contributed by atoms with Gasteiger partial charge in [0.15, 0.2) is 0 Å². The zero-order valence-electron chi connectivity index (χ0n) is 27.4. The van der Waals surface area contributed by atoms with Gasteiger partial charge in [-0.1, -0.05) is 70.2 Å². The second kappa shape index (κ2) is 9.95. The molecular formula is C37H34N4O. The second-order valence-electron chi connectivity index (χ2n) is 11.5. The van der Waals surface area contributed by atoms with Gasteiger partial charge >= 0.3 is 0 Å². The molecule has 0 saturated carbocycles. The van der Waals surface area contributed by atoms with E-state index in [0.717, 1.165) is 44.6 Å². The van der Waals surface area contributed by atoms with Gasteiger partial charge in [0.05, 0.1) is 22.4 Å². The zero-order chi connectivity index (χ0) is 31.6. The molecule has 0 aliphatic heterocycles. The van der Waals surface area contributed by atoms with Gasteiger partial charge in [0.25, 0.3) is 0 Å². The first kappa shape index (κ1) is 22.9. The van der Waals surface area contributed by atoms with E-state index >= 15 is 0 Å². The number of furan rings is 1. The summed E-state index contributed by atoms with van der Waals surface area (Å²) in [5, 5.41) is 1.59. The zero-order valence-corrected chi connectivity index (χ0v) is 24.4. The van der Waals surface area contributed by atoms with Gasteiger partial charge in [-0.3, -0.25) is 9.55 Å². The molecule has 7 rings (SSSR count). The van der Waals surface area contributed by atoms with Crippen molar-refractivity contribution in [1.82, 2.24) is 19.5 Å². The molecule has 0 unspecified atom stereocenters. The predicted molar refractivity (Wildman–Crippen MR) is 172 cm³/mol. The summed E-state index contributed by atoms with van der Waals surface area (Å²) in [6.07, 6.45) is 1.80. The van der Waals surface area contributed by atoms with Crippen LogP contribution in [0.2, 0.25) is 0 Å². The van der Waals surface area contributed by atoms with Gasteiger partial charge in [0, 0.05) is 32.3 Å². The lowest BCUT2D eigenvalue weighted by Gasteiger charge is -2.24. The Morgan fingerprint density at radius 3 is 2.29 bits per heavy atom. The standard InChI is InChI=1S/C37H34N4O/c1-21(2)29-19-26(25-11-8-7-9-12-25)20-30(22(3)4)35(29)41-34-24(6)38-18-17-31(34)40-36(41)27-13-10-14-32-33(27)28-16-15-23(5)39-37(28)42-32/h7-22H,1-6H3/i5D3. The Hall–Kier alpha value is -4.77. The molecule has 0 spiro atoms. The minimum Gasteiger partial charge on any atom is -0.438 e. The first-order valence-corrected chi connectivity index (χ1v) is 14.4. The summed E-state index contributed by atoms with van der Waals surface area (Å²) in [7, 11) is 0. The lowest BCUT2D eigenvalue weighted by molar-refractivity contribution is 0.652. The molecule has 5 heteroatoms. The Morgan fingerprint density at radius 1 is 0.810 bits per heavy atom. The molecule has 5 nitrogen and oxygen atoms in total. The number of aryl methyl sites for hydroxylation is 2. The van der Waals surface area contributed by atoms with Crippen LogP contribution >= 0.6 is 0 Å². The van der Waals surface area contributed by atoms with E-state index in [-0.39, 0.29) is 17.5 Å². The Labute approximate surface area is 250 Å². The highest BCUT2D eigenvalue weighted by atomic mass is 16.3. The molecule has 0 aliphatic carbocycles. The van der Waals surface area contributed by atoms with Gasteiger partial charge in [-0.25, -0.2) is 9.97 Å². The number of aromatic nitrogens is 4. The van der Waals surface area contributed by atoms with Crippen LogP contribution in [0.4, 0.5) is 0 Å². The summed E-state index contributed by atoms with van der Waals surface area (Å²) in [6, 6.07) is 26.4. The molecule has 0 fully saturated rings. The van der Waals surface area contributed by atoms with Crippen molar-refractivity contribution in [2.24, 2.45) is 0 Å². The fraction of sp³-hybridized carbons (Fsp3) is 0.216. The molecule has 208 valence electrons. The molecule has 4 heterocycles. The van der Waals surface area contributed by atoms with Crippen LogP contribution in [0.5, 0.6) is 0 Å². The topological polar surface area (TPSA) is 56.7 Å². The number of rotatable bonds is 5. The minimum absolute atomic E-state index is 0.00574. The van der Waals surface area contributed by atoms with Crippen molar-refractivity contribution in [2.75, 3.05) is 0 Å². The van der Waals surface area contributed by atoms with Crippen LogP contribution in [-0.2, 0) is 0 Å². The van der Waals surface area contributed by atoms with E-state index in [9.17, 15) is 0 Å². The molecule has 42 heavy (non-hydrogen) atoms. The fourth-order valence-electron chi connectivity index (χ4n) is 6.09. The molecule has 0 radical (unpaired) electrons. The van der Waals surface area contributed by atoms with E-state index in [1.54, 1.807) is 18.3 Å². The highest BCUT2D eigenvalue weighted by molar-refractivity contribution is 6.11. The smallest absolute Gasteiger partial charge is 0.227 e. The van der Waals surface area contributed by atoms with Gasteiger partial charge in [0.1, 0.15) is 11.4 Å². The van der Waals surface area contributed by atoms with Crippen molar-refractivity contribution in [3.63, 3.8) is 0 Å². The number of fused-ring (bicyclic) bond motifs is 4. The predicted octanol–water partition coefficient (Wildman–Crippen LogP) is 9.91. The molecule has 0 saturated heterocycles. The summed E-state index contributed by atoms with van der Waals surface area (Å²) < 4.78 is 32.0. The van der Waals surface area contributed by atoms with Crippen LogP contribution in [0.25, 0.3) is 61.3 Å². The van der Waals surface area contributed by atoms with Crippen molar-refractivity contribution >= 4 is 33.1 Å². The van der Waals surface area contributed by atoms with Gasteiger partial charge in [-0.15, -0.1) is 0 Å². The van der Waals surface area contributed by atoms with Gasteiger partial charge < -0.3 is 4.42 Å². The average Bonchev–Trinajstić information content (AvgIpc) is 3.59. The summed E-state index contributed by atoms with van der Waals surface area (Å²) in [6.45, 7) is 8.64. The Bertz CT molecular complexity index is 2200. The van der Waals surface area contributed by atoms with Crippen LogP contribution in [0.15, 0.2) is 89.5 Å². The van der Waals surface area contributed by atoms with E-state index in [1.165, 1.54) is 22.3 Å². The molecular weight excluding hydrogens is 516 g/mol. The number of pyridine rings is 2. The van der Waals surface area contributed by atoms with Crippen molar-refractivity contribution in [3.8, 4) is 28.2 Å². The quantitative estimate of drug-likeness (QED) is 0.213. The first-order valence-electron chi connectivity index (χ1n) is 15.9.